The second kappa shape index (κ2) is 7.98. The van der Waals surface area contributed by atoms with E-state index < -0.39 is 0 Å². The zero-order valence-corrected chi connectivity index (χ0v) is 7.77. The van der Waals surface area contributed by atoms with Crippen LogP contribution in [0.25, 0.3) is 0 Å². The lowest BCUT2D eigenvalue weighted by Crippen LogP contribution is -2.33. The van der Waals surface area contributed by atoms with Gasteiger partial charge in [-0.15, -0.1) is 0 Å². The van der Waals surface area contributed by atoms with Gasteiger partial charge in [0.05, 0.1) is 0 Å². The van der Waals surface area contributed by atoms with E-state index in [0.29, 0.717) is 0 Å². The smallest absolute Gasteiger partial charge is 0.0107 e. The number of nitrogens with zero attached hydrogens (tertiary/aromatic N) is 1. The molecule has 0 aliphatic rings. The molecule has 0 bridgehead atoms. The van der Waals surface area contributed by atoms with Gasteiger partial charge in [-0.2, -0.15) is 0 Å². The van der Waals surface area contributed by atoms with Crippen LogP contribution in [0, 0.1) is 0 Å². The van der Waals surface area contributed by atoms with Crippen LogP contribution in [0.15, 0.2) is 0 Å². The summed E-state index contributed by atoms with van der Waals surface area (Å²) < 4.78 is 0. The van der Waals surface area contributed by atoms with E-state index >= 15 is 0 Å². The van der Waals surface area contributed by atoms with Crippen LogP contribution in [-0.2, 0) is 0 Å². The Morgan fingerprint density at radius 3 is 2.27 bits per heavy atom. The van der Waals surface area contributed by atoms with Gasteiger partial charge in [0.15, 0.2) is 0 Å². The molecule has 3 nitrogen and oxygen atoms in total. The van der Waals surface area contributed by atoms with Gasteiger partial charge in [-0.1, -0.05) is 13.8 Å². The minimum Gasteiger partial charge on any atom is -0.329 e. The molecule has 68 valence electrons. The summed E-state index contributed by atoms with van der Waals surface area (Å²) in [6.07, 6.45) is 0. The van der Waals surface area contributed by atoms with Crippen molar-refractivity contribution >= 4 is 0 Å². The Morgan fingerprint density at radius 2 is 1.82 bits per heavy atom. The van der Waals surface area contributed by atoms with Crippen molar-refractivity contribution in [2.45, 2.75) is 13.8 Å². The molecule has 3 N–H and O–H groups in total. The van der Waals surface area contributed by atoms with Crippen molar-refractivity contribution in [2.24, 2.45) is 5.73 Å². The first-order chi connectivity index (χ1) is 5.35. The fourth-order valence-electron chi connectivity index (χ4n) is 1.00. The molecule has 0 atom stereocenters. The fraction of sp³-hybridized carbons (Fsp3) is 1.00. The normalized spacial score (nSPS) is 10.9. The highest BCUT2D eigenvalue weighted by molar-refractivity contribution is 4.55. The van der Waals surface area contributed by atoms with Crippen molar-refractivity contribution in [1.82, 2.24) is 10.2 Å². The van der Waals surface area contributed by atoms with Crippen LogP contribution in [0.5, 0.6) is 0 Å². The van der Waals surface area contributed by atoms with E-state index in [1.807, 2.05) is 0 Å². The van der Waals surface area contributed by atoms with E-state index in [-0.39, 0.29) is 0 Å². The molecule has 0 rings (SSSR count). The van der Waals surface area contributed by atoms with Gasteiger partial charge < -0.3 is 16.0 Å². The second-order valence-electron chi connectivity index (χ2n) is 2.57. The highest BCUT2D eigenvalue weighted by Crippen LogP contribution is 1.83. The number of nitrogens with one attached hydrogen (secondary N) is 1. The summed E-state index contributed by atoms with van der Waals surface area (Å²) in [7, 11) is 0. The van der Waals surface area contributed by atoms with Gasteiger partial charge in [-0.3, -0.25) is 0 Å². The average Bonchev–Trinajstić information content (AvgIpc) is 2.05. The first-order valence-corrected chi connectivity index (χ1v) is 4.48. The number of rotatable bonds is 7. The summed E-state index contributed by atoms with van der Waals surface area (Å²) >= 11 is 0. The van der Waals surface area contributed by atoms with Crippen molar-refractivity contribution in [3.8, 4) is 0 Å². The van der Waals surface area contributed by atoms with Gasteiger partial charge in [0.2, 0.25) is 0 Å². The first-order valence-electron chi connectivity index (χ1n) is 4.48. The van der Waals surface area contributed by atoms with E-state index in [9.17, 15) is 0 Å². The second-order valence-corrected chi connectivity index (χ2v) is 2.57. The predicted octanol–water partition coefficient (Wildman–Crippen LogP) is -0.123. The third-order valence-corrected chi connectivity index (χ3v) is 1.82. The molecule has 0 spiro atoms. The highest BCUT2D eigenvalue weighted by atomic mass is 15.1. The highest BCUT2D eigenvalue weighted by Gasteiger charge is 1.95. The molecule has 0 aliphatic carbocycles. The summed E-state index contributed by atoms with van der Waals surface area (Å²) in [4.78, 5) is 2.39. The summed E-state index contributed by atoms with van der Waals surface area (Å²) in [5.74, 6) is 0. The minimum absolute atomic E-state index is 0.734. The average molecular weight is 159 g/mol. The third-order valence-electron chi connectivity index (χ3n) is 1.82. The molecular formula is C8H21N3. The Hall–Kier alpha value is -0.120. The van der Waals surface area contributed by atoms with Gasteiger partial charge in [0.1, 0.15) is 0 Å². The van der Waals surface area contributed by atoms with Gasteiger partial charge in [0, 0.05) is 26.2 Å². The van der Waals surface area contributed by atoms with Crippen molar-refractivity contribution in [3.63, 3.8) is 0 Å². The Kier molecular flexibility index (Phi) is 7.89. The van der Waals surface area contributed by atoms with Crippen LogP contribution < -0.4 is 11.1 Å². The molecule has 0 aliphatic heterocycles. The van der Waals surface area contributed by atoms with Gasteiger partial charge in [0.25, 0.3) is 0 Å². The van der Waals surface area contributed by atoms with Gasteiger partial charge in [-0.05, 0) is 13.1 Å². The molecule has 11 heavy (non-hydrogen) atoms. The van der Waals surface area contributed by atoms with Gasteiger partial charge in [-0.25, -0.2) is 0 Å². The summed E-state index contributed by atoms with van der Waals surface area (Å²) in [5, 5.41) is 3.27. The standard InChI is InChI=1S/C8H21N3/c1-3-11(4-2)8-7-10-6-5-9/h10H,3-9H2,1-2H3. The lowest BCUT2D eigenvalue weighted by molar-refractivity contribution is 0.303. The van der Waals surface area contributed by atoms with Crippen molar-refractivity contribution in [1.29, 1.82) is 0 Å². The largest absolute Gasteiger partial charge is 0.329 e. The zero-order chi connectivity index (χ0) is 8.53. The van der Waals surface area contributed by atoms with Crippen LogP contribution in [0.4, 0.5) is 0 Å². The molecule has 0 aromatic heterocycles. The molecule has 0 heterocycles. The Bertz CT molecular complexity index is 71.7. The molecular weight excluding hydrogens is 138 g/mol. The minimum atomic E-state index is 0.734. The third kappa shape index (κ3) is 6.28. The maximum Gasteiger partial charge on any atom is 0.0107 e. The van der Waals surface area contributed by atoms with Crippen LogP contribution in [-0.4, -0.2) is 44.2 Å². The zero-order valence-electron chi connectivity index (χ0n) is 7.77. The van der Waals surface area contributed by atoms with Crippen LogP contribution in [0.1, 0.15) is 13.8 Å². The van der Waals surface area contributed by atoms with E-state index in [1.54, 1.807) is 0 Å². The molecule has 0 fully saturated rings. The molecule has 0 aromatic rings. The number of nitrogens with two attached hydrogens (primary N) is 1. The Morgan fingerprint density at radius 1 is 1.18 bits per heavy atom. The maximum atomic E-state index is 5.33. The Balaban J connectivity index is 3.07. The molecule has 0 amide bonds. The van der Waals surface area contributed by atoms with Crippen LogP contribution in [0.2, 0.25) is 0 Å². The fourth-order valence-corrected chi connectivity index (χ4v) is 1.00. The summed E-state index contributed by atoms with van der Waals surface area (Å²) in [6, 6.07) is 0. The molecule has 3 heteroatoms. The summed E-state index contributed by atoms with van der Waals surface area (Å²) in [6.45, 7) is 10.5. The SMILES string of the molecule is CCN(CC)CCNCCN. The molecule has 0 saturated carbocycles. The molecule has 0 radical (unpaired) electrons. The molecule has 0 unspecified atom stereocenters. The van der Waals surface area contributed by atoms with Crippen molar-refractivity contribution in [2.75, 3.05) is 39.3 Å². The van der Waals surface area contributed by atoms with Crippen molar-refractivity contribution in [3.05, 3.63) is 0 Å². The lowest BCUT2D eigenvalue weighted by atomic mass is 10.4. The number of hydrogen-bond acceptors (Lipinski definition) is 3. The van der Waals surface area contributed by atoms with Crippen LogP contribution in [0.3, 0.4) is 0 Å². The lowest BCUT2D eigenvalue weighted by Gasteiger charge is -2.17. The first kappa shape index (κ1) is 10.9. The van der Waals surface area contributed by atoms with Gasteiger partial charge >= 0.3 is 0 Å². The maximum absolute atomic E-state index is 5.33. The predicted molar refractivity (Wildman–Crippen MR) is 49.7 cm³/mol. The van der Waals surface area contributed by atoms with E-state index in [2.05, 4.69) is 24.1 Å². The van der Waals surface area contributed by atoms with E-state index in [4.69, 9.17) is 5.73 Å². The summed E-state index contributed by atoms with van der Waals surface area (Å²) in [5.41, 5.74) is 5.33. The van der Waals surface area contributed by atoms with Crippen LogP contribution >= 0.6 is 0 Å². The van der Waals surface area contributed by atoms with E-state index in [0.717, 1.165) is 39.3 Å². The number of hydrogen-bond donors (Lipinski definition) is 2. The topological polar surface area (TPSA) is 41.3 Å². The molecule has 0 aromatic carbocycles. The number of likely N-dealkylation sites (N-methyl/N-ethyl adjacent to an activating group) is 1. The Labute approximate surface area is 69.9 Å². The van der Waals surface area contributed by atoms with E-state index in [1.165, 1.54) is 0 Å². The monoisotopic (exact) mass is 159 g/mol. The molecule has 0 saturated heterocycles. The van der Waals surface area contributed by atoms with Crippen molar-refractivity contribution < 1.29 is 0 Å². The quantitative estimate of drug-likeness (QED) is 0.509.